The van der Waals surface area contributed by atoms with Crippen LogP contribution in [-0.2, 0) is 6.42 Å². The summed E-state index contributed by atoms with van der Waals surface area (Å²) >= 11 is 0. The molecule has 0 radical (unpaired) electrons. The number of aryl methyl sites for hydroxylation is 1. The fourth-order valence-corrected chi connectivity index (χ4v) is 2.04. The van der Waals surface area contributed by atoms with E-state index >= 15 is 0 Å². The molecule has 0 saturated heterocycles. The Kier molecular flexibility index (Phi) is 4.05. The maximum absolute atomic E-state index is 13.6. The highest BCUT2D eigenvalue weighted by Crippen LogP contribution is 2.19. The molecule has 2 nitrogen and oxygen atoms in total. The van der Waals surface area contributed by atoms with Crippen LogP contribution in [0.1, 0.15) is 22.7 Å². The lowest BCUT2D eigenvalue weighted by molar-refractivity contribution is 0.553. The molecule has 1 aromatic carbocycles. The maximum Gasteiger partial charge on any atom is 0.126 e. The highest BCUT2D eigenvalue weighted by molar-refractivity contribution is 5.25. The fourth-order valence-electron chi connectivity index (χ4n) is 2.04. The molecule has 2 rings (SSSR count). The van der Waals surface area contributed by atoms with Crippen molar-refractivity contribution in [1.82, 2.24) is 10.3 Å². The molecular formula is C15H17FN2. The third-order valence-electron chi connectivity index (χ3n) is 3.03. The summed E-state index contributed by atoms with van der Waals surface area (Å²) in [5.41, 5.74) is 2.92. The molecule has 1 unspecified atom stereocenters. The van der Waals surface area contributed by atoms with Gasteiger partial charge in [0.1, 0.15) is 5.82 Å². The first kappa shape index (κ1) is 12.7. The van der Waals surface area contributed by atoms with Crippen LogP contribution in [0.25, 0.3) is 0 Å². The maximum atomic E-state index is 13.6. The van der Waals surface area contributed by atoms with Crippen LogP contribution in [0.2, 0.25) is 0 Å². The van der Waals surface area contributed by atoms with E-state index in [2.05, 4.69) is 16.4 Å². The molecule has 18 heavy (non-hydrogen) atoms. The summed E-state index contributed by atoms with van der Waals surface area (Å²) in [6.45, 7) is 2.01. The lowest BCUT2D eigenvalue weighted by atomic mass is 9.99. The number of benzene rings is 1. The molecule has 2 aromatic rings. The Morgan fingerprint density at radius 2 is 2.06 bits per heavy atom. The number of aromatic nitrogens is 1. The number of pyridine rings is 1. The number of rotatable bonds is 4. The van der Waals surface area contributed by atoms with Crippen LogP contribution in [0.5, 0.6) is 0 Å². The van der Waals surface area contributed by atoms with Gasteiger partial charge in [0.25, 0.3) is 0 Å². The Morgan fingerprint density at radius 3 is 2.72 bits per heavy atom. The number of nitrogens with one attached hydrogen (secondary N) is 1. The van der Waals surface area contributed by atoms with Crippen molar-refractivity contribution in [2.45, 2.75) is 19.4 Å². The minimum Gasteiger partial charge on any atom is -0.313 e. The van der Waals surface area contributed by atoms with Crippen LogP contribution in [0.4, 0.5) is 4.39 Å². The Hall–Kier alpha value is -1.74. The Labute approximate surface area is 107 Å². The summed E-state index contributed by atoms with van der Waals surface area (Å²) in [4.78, 5) is 4.18. The molecule has 0 aliphatic rings. The van der Waals surface area contributed by atoms with Crippen molar-refractivity contribution < 1.29 is 4.39 Å². The van der Waals surface area contributed by atoms with Crippen LogP contribution in [0.3, 0.4) is 0 Å². The second kappa shape index (κ2) is 5.74. The molecule has 3 heteroatoms. The molecular weight excluding hydrogens is 227 g/mol. The molecule has 1 N–H and O–H groups in total. The number of hydrogen-bond acceptors (Lipinski definition) is 2. The highest BCUT2D eigenvalue weighted by Gasteiger charge is 2.12. The number of hydrogen-bond donors (Lipinski definition) is 1. The van der Waals surface area contributed by atoms with E-state index in [-0.39, 0.29) is 11.9 Å². The SMILES string of the molecule is CNC(Cc1ccccc1F)c1cncc(C)c1. The lowest BCUT2D eigenvalue weighted by Crippen LogP contribution is -2.19. The van der Waals surface area contributed by atoms with Gasteiger partial charge in [-0.1, -0.05) is 24.3 Å². The van der Waals surface area contributed by atoms with Gasteiger partial charge in [0.2, 0.25) is 0 Å². The molecule has 0 aliphatic carbocycles. The zero-order chi connectivity index (χ0) is 13.0. The van der Waals surface area contributed by atoms with E-state index in [4.69, 9.17) is 0 Å². The van der Waals surface area contributed by atoms with Gasteiger partial charge in [-0.05, 0) is 43.1 Å². The van der Waals surface area contributed by atoms with Gasteiger partial charge in [-0.3, -0.25) is 4.98 Å². The van der Waals surface area contributed by atoms with E-state index in [1.807, 2.05) is 38.5 Å². The van der Waals surface area contributed by atoms with Gasteiger partial charge < -0.3 is 5.32 Å². The second-order valence-electron chi connectivity index (χ2n) is 4.43. The highest BCUT2D eigenvalue weighted by atomic mass is 19.1. The van der Waals surface area contributed by atoms with Crippen LogP contribution >= 0.6 is 0 Å². The van der Waals surface area contributed by atoms with Crippen molar-refractivity contribution in [2.75, 3.05) is 7.05 Å². The van der Waals surface area contributed by atoms with Crippen molar-refractivity contribution in [3.8, 4) is 0 Å². The first-order valence-corrected chi connectivity index (χ1v) is 6.03. The molecule has 0 spiro atoms. The molecule has 0 bridgehead atoms. The zero-order valence-electron chi connectivity index (χ0n) is 10.7. The molecule has 1 atom stereocenters. The van der Waals surface area contributed by atoms with Crippen molar-refractivity contribution >= 4 is 0 Å². The van der Waals surface area contributed by atoms with E-state index in [0.717, 1.165) is 16.7 Å². The van der Waals surface area contributed by atoms with E-state index in [9.17, 15) is 4.39 Å². The van der Waals surface area contributed by atoms with Gasteiger partial charge in [-0.15, -0.1) is 0 Å². The predicted molar refractivity (Wildman–Crippen MR) is 70.9 cm³/mol. The summed E-state index contributed by atoms with van der Waals surface area (Å²) in [6, 6.07) is 9.05. The van der Waals surface area contributed by atoms with Gasteiger partial charge >= 0.3 is 0 Å². The largest absolute Gasteiger partial charge is 0.313 e. The number of nitrogens with zero attached hydrogens (tertiary/aromatic N) is 1. The zero-order valence-corrected chi connectivity index (χ0v) is 10.7. The summed E-state index contributed by atoms with van der Waals surface area (Å²) in [7, 11) is 1.88. The van der Waals surface area contributed by atoms with Crippen molar-refractivity contribution in [1.29, 1.82) is 0 Å². The summed E-state index contributed by atoms with van der Waals surface area (Å²) in [5.74, 6) is -0.154. The third-order valence-corrected chi connectivity index (χ3v) is 3.03. The van der Waals surface area contributed by atoms with E-state index < -0.39 is 0 Å². The second-order valence-corrected chi connectivity index (χ2v) is 4.43. The van der Waals surface area contributed by atoms with Gasteiger partial charge in [0.05, 0.1) is 0 Å². The van der Waals surface area contributed by atoms with Gasteiger partial charge in [0.15, 0.2) is 0 Å². The molecule has 0 aliphatic heterocycles. The van der Waals surface area contributed by atoms with Crippen molar-refractivity contribution in [2.24, 2.45) is 0 Å². The van der Waals surface area contributed by atoms with E-state index in [1.54, 1.807) is 6.07 Å². The molecule has 94 valence electrons. The molecule has 0 amide bonds. The van der Waals surface area contributed by atoms with Crippen molar-refractivity contribution in [3.63, 3.8) is 0 Å². The quantitative estimate of drug-likeness (QED) is 0.894. The molecule has 0 fully saturated rings. The first-order valence-electron chi connectivity index (χ1n) is 6.03. The topological polar surface area (TPSA) is 24.9 Å². The summed E-state index contributed by atoms with van der Waals surface area (Å²) < 4.78 is 13.6. The van der Waals surface area contributed by atoms with Gasteiger partial charge in [-0.2, -0.15) is 0 Å². The summed E-state index contributed by atoms with van der Waals surface area (Å²) in [6.07, 6.45) is 4.27. The molecule has 0 saturated carbocycles. The standard InChI is InChI=1S/C15H17FN2/c1-11-7-13(10-18-9-11)15(17-2)8-12-5-3-4-6-14(12)16/h3-7,9-10,15,17H,8H2,1-2H3. The predicted octanol–water partition coefficient (Wildman–Crippen LogP) is 3.03. The average molecular weight is 244 g/mol. The smallest absolute Gasteiger partial charge is 0.126 e. The fraction of sp³-hybridized carbons (Fsp3) is 0.267. The number of likely N-dealkylation sites (N-methyl/N-ethyl adjacent to an activating group) is 1. The Bertz CT molecular complexity index is 525. The monoisotopic (exact) mass is 244 g/mol. The first-order chi connectivity index (χ1) is 8.70. The third kappa shape index (κ3) is 2.93. The normalized spacial score (nSPS) is 12.4. The van der Waals surface area contributed by atoms with Crippen LogP contribution in [0.15, 0.2) is 42.7 Å². The van der Waals surface area contributed by atoms with Gasteiger partial charge in [-0.25, -0.2) is 4.39 Å². The minimum atomic E-state index is -0.154. The average Bonchev–Trinajstić information content (AvgIpc) is 2.38. The van der Waals surface area contributed by atoms with Gasteiger partial charge in [0, 0.05) is 18.4 Å². The molecule has 1 aromatic heterocycles. The lowest BCUT2D eigenvalue weighted by Gasteiger charge is -2.17. The van der Waals surface area contributed by atoms with Crippen LogP contribution in [-0.4, -0.2) is 12.0 Å². The minimum absolute atomic E-state index is 0.0781. The molecule has 1 heterocycles. The van der Waals surface area contributed by atoms with E-state index in [0.29, 0.717) is 6.42 Å². The Balaban J connectivity index is 2.23. The van der Waals surface area contributed by atoms with E-state index in [1.165, 1.54) is 6.07 Å². The van der Waals surface area contributed by atoms with Crippen LogP contribution in [0, 0.1) is 12.7 Å². The Morgan fingerprint density at radius 1 is 1.28 bits per heavy atom. The van der Waals surface area contributed by atoms with Crippen LogP contribution < -0.4 is 5.32 Å². The van der Waals surface area contributed by atoms with Crippen molar-refractivity contribution in [3.05, 3.63) is 65.2 Å². The number of halogens is 1. The summed E-state index contributed by atoms with van der Waals surface area (Å²) in [5, 5.41) is 3.21.